The molecule has 2 aromatic rings. The van der Waals surface area contributed by atoms with Crippen molar-refractivity contribution in [1.82, 2.24) is 5.06 Å². The van der Waals surface area contributed by atoms with Crippen LogP contribution in [0.3, 0.4) is 0 Å². The Morgan fingerprint density at radius 3 is 2.04 bits per heavy atom. The molecule has 1 heterocycles. The summed E-state index contributed by atoms with van der Waals surface area (Å²) < 4.78 is 43.4. The summed E-state index contributed by atoms with van der Waals surface area (Å²) in [5, 5.41) is 0.256. The monoisotopic (exact) mass is 365 g/mol. The van der Waals surface area contributed by atoms with Gasteiger partial charge in [0.1, 0.15) is 5.75 Å². The zero-order chi connectivity index (χ0) is 18.9. The Morgan fingerprint density at radius 1 is 0.923 bits per heavy atom. The van der Waals surface area contributed by atoms with E-state index in [9.17, 15) is 27.6 Å². The molecule has 3 rings (SSSR count). The minimum atomic E-state index is -4.66. The summed E-state index contributed by atoms with van der Waals surface area (Å²) in [7, 11) is 0. The number of halogens is 3. The molecule has 6 nitrogen and oxygen atoms in total. The fraction of sp³-hybridized carbons (Fsp3) is 0.118. The smallest absolute Gasteiger partial charge is 0.419 e. The van der Waals surface area contributed by atoms with Gasteiger partial charge in [0.25, 0.3) is 11.8 Å². The molecule has 0 spiro atoms. The van der Waals surface area contributed by atoms with Gasteiger partial charge in [0, 0.05) is 0 Å². The molecule has 0 aromatic heterocycles. The Balaban J connectivity index is 1.67. The van der Waals surface area contributed by atoms with Crippen LogP contribution in [0, 0.1) is 0 Å². The number of alkyl halides is 3. The Bertz CT molecular complexity index is 859. The van der Waals surface area contributed by atoms with E-state index in [0.29, 0.717) is 0 Å². The number of ether oxygens (including phenoxy) is 1. The van der Waals surface area contributed by atoms with Crippen molar-refractivity contribution in [2.75, 3.05) is 6.61 Å². The first kappa shape index (κ1) is 17.5. The van der Waals surface area contributed by atoms with E-state index in [-0.39, 0.29) is 16.2 Å². The average molecular weight is 365 g/mol. The number of rotatable bonds is 4. The molecule has 0 unspecified atom stereocenters. The molecule has 0 saturated heterocycles. The lowest BCUT2D eigenvalue weighted by atomic mass is 10.1. The van der Waals surface area contributed by atoms with Gasteiger partial charge in [-0.2, -0.15) is 13.2 Å². The molecule has 0 N–H and O–H groups in total. The molecule has 0 bridgehead atoms. The highest BCUT2D eigenvalue weighted by atomic mass is 19.4. The van der Waals surface area contributed by atoms with Crippen molar-refractivity contribution >= 4 is 17.8 Å². The molecule has 0 radical (unpaired) electrons. The fourth-order valence-electron chi connectivity index (χ4n) is 2.34. The number of hydrogen-bond acceptors (Lipinski definition) is 5. The lowest BCUT2D eigenvalue weighted by Crippen LogP contribution is -2.34. The molecule has 0 atom stereocenters. The fourth-order valence-corrected chi connectivity index (χ4v) is 2.34. The summed E-state index contributed by atoms with van der Waals surface area (Å²) in [4.78, 5) is 40.5. The van der Waals surface area contributed by atoms with E-state index in [4.69, 9.17) is 4.74 Å². The lowest BCUT2D eigenvalue weighted by molar-refractivity contribution is -0.171. The van der Waals surface area contributed by atoms with Crippen LogP contribution in [0.4, 0.5) is 13.2 Å². The van der Waals surface area contributed by atoms with Crippen molar-refractivity contribution in [2.45, 2.75) is 6.18 Å². The van der Waals surface area contributed by atoms with Crippen LogP contribution in [0.5, 0.6) is 5.75 Å². The van der Waals surface area contributed by atoms with Crippen LogP contribution in [0.25, 0.3) is 0 Å². The van der Waals surface area contributed by atoms with Gasteiger partial charge in [-0.05, 0) is 24.3 Å². The minimum absolute atomic E-state index is 0.0636. The standard InChI is InChI=1S/C17H10F3NO5/c18-17(19,20)12-7-3-4-8-13(12)25-9-14(22)26-21-15(23)10-5-1-2-6-11(10)16(21)24/h1-8H,9H2. The van der Waals surface area contributed by atoms with Crippen molar-refractivity contribution in [3.05, 3.63) is 65.2 Å². The second-order valence-corrected chi connectivity index (χ2v) is 5.20. The third-order valence-electron chi connectivity index (χ3n) is 3.49. The van der Waals surface area contributed by atoms with Crippen LogP contribution in [0.2, 0.25) is 0 Å². The highest BCUT2D eigenvalue weighted by molar-refractivity contribution is 6.20. The number of hydroxylamine groups is 2. The molecular weight excluding hydrogens is 355 g/mol. The summed E-state index contributed by atoms with van der Waals surface area (Å²) in [6.45, 7) is -0.916. The second kappa shape index (κ2) is 6.51. The van der Waals surface area contributed by atoms with Crippen LogP contribution in [-0.4, -0.2) is 29.5 Å². The second-order valence-electron chi connectivity index (χ2n) is 5.20. The van der Waals surface area contributed by atoms with Crippen LogP contribution < -0.4 is 4.74 Å². The van der Waals surface area contributed by atoms with Gasteiger partial charge in [0.05, 0.1) is 16.7 Å². The van der Waals surface area contributed by atoms with Gasteiger partial charge in [0.15, 0.2) is 6.61 Å². The number of amides is 2. The number of fused-ring (bicyclic) bond motifs is 1. The molecule has 0 fully saturated rings. The number of hydrogen-bond donors (Lipinski definition) is 0. The van der Waals surface area contributed by atoms with Gasteiger partial charge in [0.2, 0.25) is 0 Å². The van der Waals surface area contributed by atoms with Gasteiger partial charge in [-0.1, -0.05) is 29.3 Å². The van der Waals surface area contributed by atoms with Crippen molar-refractivity contribution < 1.29 is 37.1 Å². The van der Waals surface area contributed by atoms with E-state index in [2.05, 4.69) is 4.84 Å². The number of imide groups is 1. The van der Waals surface area contributed by atoms with Gasteiger partial charge >= 0.3 is 12.1 Å². The normalized spacial score (nSPS) is 13.6. The Labute approximate surface area is 144 Å². The number of benzene rings is 2. The van der Waals surface area contributed by atoms with Crippen LogP contribution in [0.1, 0.15) is 26.3 Å². The SMILES string of the molecule is O=C(COc1ccccc1C(F)(F)F)ON1C(=O)c2ccccc2C1=O. The molecule has 0 saturated carbocycles. The molecule has 0 aliphatic carbocycles. The van der Waals surface area contributed by atoms with Crippen molar-refractivity contribution in [1.29, 1.82) is 0 Å². The maximum Gasteiger partial charge on any atom is 0.419 e. The largest absolute Gasteiger partial charge is 0.481 e. The molecule has 2 amide bonds. The maximum absolute atomic E-state index is 12.9. The molecule has 26 heavy (non-hydrogen) atoms. The van der Waals surface area contributed by atoms with Crippen molar-refractivity contribution in [3.63, 3.8) is 0 Å². The number of carbonyl (C=O) groups excluding carboxylic acids is 3. The molecule has 9 heteroatoms. The molecule has 1 aliphatic heterocycles. The van der Waals surface area contributed by atoms with Crippen molar-refractivity contribution in [3.8, 4) is 5.75 Å². The van der Waals surface area contributed by atoms with E-state index < -0.39 is 41.9 Å². The molecular formula is C17H10F3NO5. The first-order valence-electron chi connectivity index (χ1n) is 7.26. The highest BCUT2D eigenvalue weighted by Gasteiger charge is 2.39. The van der Waals surface area contributed by atoms with Crippen LogP contribution in [0.15, 0.2) is 48.5 Å². The highest BCUT2D eigenvalue weighted by Crippen LogP contribution is 2.35. The zero-order valence-corrected chi connectivity index (χ0v) is 12.9. The van der Waals surface area contributed by atoms with Gasteiger partial charge in [-0.15, -0.1) is 0 Å². The van der Waals surface area contributed by atoms with E-state index in [1.807, 2.05) is 0 Å². The zero-order valence-electron chi connectivity index (χ0n) is 12.9. The summed E-state index contributed by atoms with van der Waals surface area (Å²) in [6, 6.07) is 10.2. The number of carbonyl (C=O) groups is 3. The van der Waals surface area contributed by atoms with Gasteiger partial charge in [-0.3, -0.25) is 9.59 Å². The summed E-state index contributed by atoms with van der Waals surface area (Å²) in [6.07, 6.45) is -4.66. The van der Waals surface area contributed by atoms with Gasteiger partial charge < -0.3 is 9.57 Å². The van der Waals surface area contributed by atoms with Crippen molar-refractivity contribution in [2.24, 2.45) is 0 Å². The van der Waals surface area contributed by atoms with Gasteiger partial charge in [-0.25, -0.2) is 4.79 Å². The molecule has 134 valence electrons. The number of para-hydroxylation sites is 1. The lowest BCUT2D eigenvalue weighted by Gasteiger charge is -2.15. The first-order valence-corrected chi connectivity index (χ1v) is 7.26. The average Bonchev–Trinajstić information content (AvgIpc) is 2.85. The Morgan fingerprint density at radius 2 is 1.46 bits per heavy atom. The van der Waals surface area contributed by atoms with E-state index in [1.54, 1.807) is 0 Å². The minimum Gasteiger partial charge on any atom is -0.481 e. The topological polar surface area (TPSA) is 72.9 Å². The summed E-state index contributed by atoms with van der Waals surface area (Å²) in [5.41, 5.74) is -0.934. The maximum atomic E-state index is 12.9. The summed E-state index contributed by atoms with van der Waals surface area (Å²) >= 11 is 0. The predicted octanol–water partition coefficient (Wildman–Crippen LogP) is 2.84. The third-order valence-corrected chi connectivity index (χ3v) is 3.49. The molecule has 2 aromatic carbocycles. The van der Waals surface area contributed by atoms with E-state index in [1.165, 1.54) is 36.4 Å². The predicted molar refractivity (Wildman–Crippen MR) is 80.0 cm³/mol. The van der Waals surface area contributed by atoms with E-state index >= 15 is 0 Å². The van der Waals surface area contributed by atoms with Crippen LogP contribution in [-0.2, 0) is 15.8 Å². The quantitative estimate of drug-likeness (QED) is 0.779. The summed E-state index contributed by atoms with van der Waals surface area (Å²) in [5.74, 6) is -3.44. The number of nitrogens with zero attached hydrogens (tertiary/aromatic N) is 1. The molecule has 1 aliphatic rings. The first-order chi connectivity index (χ1) is 12.3. The third kappa shape index (κ3) is 3.23. The van der Waals surface area contributed by atoms with Crippen LogP contribution >= 0.6 is 0 Å². The Kier molecular flexibility index (Phi) is 4.37. The Hall–Kier alpha value is -3.36. The van der Waals surface area contributed by atoms with E-state index in [0.717, 1.165) is 12.1 Å².